The van der Waals surface area contributed by atoms with Crippen LogP contribution in [-0.2, 0) is 11.3 Å². The Balaban J connectivity index is 2.03. The van der Waals surface area contributed by atoms with Crippen molar-refractivity contribution in [2.45, 2.75) is 6.61 Å². The molecule has 0 saturated carbocycles. The molecule has 21 heavy (non-hydrogen) atoms. The lowest BCUT2D eigenvalue weighted by Crippen LogP contribution is -2.16. The third kappa shape index (κ3) is 3.93. The SMILES string of the molecule is COCc1cc(/C=N\NC(=O)c2ccco2)ccc1OC. The number of amides is 1. The van der Waals surface area contributed by atoms with Gasteiger partial charge in [0.25, 0.3) is 0 Å². The lowest BCUT2D eigenvalue weighted by atomic mass is 10.1. The molecule has 2 aromatic rings. The summed E-state index contributed by atoms with van der Waals surface area (Å²) in [6, 6.07) is 8.74. The van der Waals surface area contributed by atoms with Crippen molar-refractivity contribution < 1.29 is 18.7 Å². The molecule has 1 heterocycles. The number of methoxy groups -OCH3 is 2. The van der Waals surface area contributed by atoms with Crippen LogP contribution in [0.3, 0.4) is 0 Å². The summed E-state index contributed by atoms with van der Waals surface area (Å²) in [4.78, 5) is 11.6. The minimum absolute atomic E-state index is 0.210. The van der Waals surface area contributed by atoms with Gasteiger partial charge >= 0.3 is 5.91 Å². The largest absolute Gasteiger partial charge is 0.496 e. The zero-order valence-electron chi connectivity index (χ0n) is 11.8. The van der Waals surface area contributed by atoms with Gasteiger partial charge in [0.15, 0.2) is 5.76 Å². The predicted octanol–water partition coefficient (Wildman–Crippen LogP) is 2.20. The topological polar surface area (TPSA) is 73.1 Å². The average molecular weight is 288 g/mol. The van der Waals surface area contributed by atoms with E-state index in [4.69, 9.17) is 13.9 Å². The second-order valence-corrected chi connectivity index (χ2v) is 4.18. The third-order valence-electron chi connectivity index (χ3n) is 2.73. The number of furan rings is 1. The number of carbonyl (C=O) groups is 1. The van der Waals surface area contributed by atoms with Gasteiger partial charge in [0.1, 0.15) is 5.75 Å². The van der Waals surface area contributed by atoms with Gasteiger partial charge in [-0.25, -0.2) is 5.43 Å². The van der Waals surface area contributed by atoms with Gasteiger partial charge < -0.3 is 13.9 Å². The van der Waals surface area contributed by atoms with E-state index in [-0.39, 0.29) is 5.76 Å². The number of ether oxygens (including phenoxy) is 2. The monoisotopic (exact) mass is 288 g/mol. The van der Waals surface area contributed by atoms with Gasteiger partial charge in [-0.2, -0.15) is 5.10 Å². The maximum absolute atomic E-state index is 11.6. The second-order valence-electron chi connectivity index (χ2n) is 4.18. The summed E-state index contributed by atoms with van der Waals surface area (Å²) in [5.74, 6) is 0.553. The maximum Gasteiger partial charge on any atom is 0.307 e. The fourth-order valence-corrected chi connectivity index (χ4v) is 1.78. The lowest BCUT2D eigenvalue weighted by molar-refractivity contribution is 0.0927. The van der Waals surface area contributed by atoms with Gasteiger partial charge in [0.2, 0.25) is 0 Å². The fraction of sp³-hybridized carbons (Fsp3) is 0.200. The molecule has 0 aliphatic carbocycles. The van der Waals surface area contributed by atoms with Gasteiger partial charge in [-0.3, -0.25) is 4.79 Å². The molecular formula is C15H16N2O4. The van der Waals surface area contributed by atoms with Crippen LogP contribution >= 0.6 is 0 Å². The third-order valence-corrected chi connectivity index (χ3v) is 2.73. The number of rotatable bonds is 6. The summed E-state index contributed by atoms with van der Waals surface area (Å²) in [6.45, 7) is 0.434. The Kier molecular flexibility index (Phi) is 5.11. The van der Waals surface area contributed by atoms with E-state index in [2.05, 4.69) is 10.5 Å². The standard InChI is InChI=1S/C15H16N2O4/c1-19-10-12-8-11(5-6-13(12)20-2)9-16-17-15(18)14-4-3-7-21-14/h3-9H,10H2,1-2H3,(H,17,18)/b16-9-. The van der Waals surface area contributed by atoms with Crippen LogP contribution < -0.4 is 10.2 Å². The van der Waals surface area contributed by atoms with Crippen molar-refractivity contribution in [3.05, 3.63) is 53.5 Å². The highest BCUT2D eigenvalue weighted by atomic mass is 16.5. The van der Waals surface area contributed by atoms with Crippen LogP contribution in [0.15, 0.2) is 46.1 Å². The van der Waals surface area contributed by atoms with Gasteiger partial charge in [-0.05, 0) is 35.9 Å². The van der Waals surface area contributed by atoms with Crippen LogP contribution in [0.4, 0.5) is 0 Å². The minimum Gasteiger partial charge on any atom is -0.496 e. The van der Waals surface area contributed by atoms with Crippen LogP contribution in [0.25, 0.3) is 0 Å². The number of nitrogens with zero attached hydrogens (tertiary/aromatic N) is 1. The molecule has 110 valence electrons. The Hall–Kier alpha value is -2.60. The van der Waals surface area contributed by atoms with Gasteiger partial charge in [-0.15, -0.1) is 0 Å². The van der Waals surface area contributed by atoms with Crippen LogP contribution in [0.1, 0.15) is 21.7 Å². The van der Waals surface area contributed by atoms with E-state index >= 15 is 0 Å². The minimum atomic E-state index is -0.401. The van der Waals surface area contributed by atoms with Crippen LogP contribution in [-0.4, -0.2) is 26.3 Å². The molecule has 0 atom stereocenters. The smallest absolute Gasteiger partial charge is 0.307 e. The molecule has 6 heteroatoms. The zero-order valence-corrected chi connectivity index (χ0v) is 11.8. The van der Waals surface area contributed by atoms with E-state index in [1.165, 1.54) is 6.26 Å². The Labute approximate surface area is 122 Å². The Morgan fingerprint density at radius 3 is 2.90 bits per heavy atom. The molecule has 6 nitrogen and oxygen atoms in total. The summed E-state index contributed by atoms with van der Waals surface area (Å²) in [6.07, 6.45) is 2.97. The number of hydrogen-bond acceptors (Lipinski definition) is 5. The summed E-state index contributed by atoms with van der Waals surface area (Å²) < 4.78 is 15.3. The van der Waals surface area contributed by atoms with Gasteiger partial charge in [-0.1, -0.05) is 0 Å². The normalized spacial score (nSPS) is 10.8. The molecule has 0 aliphatic rings. The highest BCUT2D eigenvalue weighted by Crippen LogP contribution is 2.19. The van der Waals surface area contributed by atoms with Crippen molar-refractivity contribution in [3.63, 3.8) is 0 Å². The quantitative estimate of drug-likeness (QED) is 0.653. The molecule has 0 fully saturated rings. The first kappa shape index (κ1) is 14.8. The van der Waals surface area contributed by atoms with E-state index in [0.29, 0.717) is 6.61 Å². The molecule has 1 amide bonds. The zero-order chi connectivity index (χ0) is 15.1. The summed E-state index contributed by atoms with van der Waals surface area (Å²) in [5, 5.41) is 3.89. The predicted molar refractivity (Wildman–Crippen MR) is 77.5 cm³/mol. The number of carbonyl (C=O) groups excluding carboxylic acids is 1. The van der Waals surface area contributed by atoms with E-state index in [1.807, 2.05) is 18.2 Å². The van der Waals surface area contributed by atoms with E-state index in [1.54, 1.807) is 32.6 Å². The Morgan fingerprint density at radius 2 is 2.24 bits per heavy atom. The lowest BCUT2D eigenvalue weighted by Gasteiger charge is -2.08. The molecular weight excluding hydrogens is 272 g/mol. The summed E-state index contributed by atoms with van der Waals surface area (Å²) in [7, 11) is 3.22. The van der Waals surface area contributed by atoms with Gasteiger partial charge in [0, 0.05) is 12.7 Å². The molecule has 2 rings (SSSR count). The highest BCUT2D eigenvalue weighted by Gasteiger charge is 2.06. The first-order valence-electron chi connectivity index (χ1n) is 6.27. The van der Waals surface area contributed by atoms with Crippen molar-refractivity contribution in [1.29, 1.82) is 0 Å². The number of hydrazone groups is 1. The fourth-order valence-electron chi connectivity index (χ4n) is 1.78. The average Bonchev–Trinajstić information content (AvgIpc) is 3.02. The number of benzene rings is 1. The van der Waals surface area contributed by atoms with Crippen molar-refractivity contribution in [2.75, 3.05) is 14.2 Å². The molecule has 1 aromatic carbocycles. The maximum atomic E-state index is 11.6. The second kappa shape index (κ2) is 7.25. The Bertz CT molecular complexity index is 621. The van der Waals surface area contributed by atoms with Crippen molar-refractivity contribution in [1.82, 2.24) is 5.43 Å². The van der Waals surface area contributed by atoms with Crippen molar-refractivity contribution >= 4 is 12.1 Å². The number of nitrogens with one attached hydrogen (secondary N) is 1. The van der Waals surface area contributed by atoms with Crippen molar-refractivity contribution in [3.8, 4) is 5.75 Å². The van der Waals surface area contributed by atoms with E-state index in [9.17, 15) is 4.79 Å². The molecule has 0 bridgehead atoms. The molecule has 1 aromatic heterocycles. The first-order valence-corrected chi connectivity index (χ1v) is 6.27. The molecule has 0 saturated heterocycles. The molecule has 0 unspecified atom stereocenters. The molecule has 1 N–H and O–H groups in total. The highest BCUT2D eigenvalue weighted by molar-refractivity contribution is 5.92. The van der Waals surface area contributed by atoms with Crippen LogP contribution in [0.2, 0.25) is 0 Å². The summed E-state index contributed by atoms with van der Waals surface area (Å²) in [5.41, 5.74) is 4.11. The van der Waals surface area contributed by atoms with Gasteiger partial charge in [0.05, 0.1) is 26.2 Å². The summed E-state index contributed by atoms with van der Waals surface area (Å²) >= 11 is 0. The van der Waals surface area contributed by atoms with Crippen LogP contribution in [0, 0.1) is 0 Å². The van der Waals surface area contributed by atoms with Crippen molar-refractivity contribution in [2.24, 2.45) is 5.10 Å². The van der Waals surface area contributed by atoms with E-state index in [0.717, 1.165) is 16.9 Å². The van der Waals surface area contributed by atoms with E-state index < -0.39 is 5.91 Å². The number of hydrogen-bond donors (Lipinski definition) is 1. The first-order chi connectivity index (χ1) is 10.2. The van der Waals surface area contributed by atoms with Crippen LogP contribution in [0.5, 0.6) is 5.75 Å². The molecule has 0 radical (unpaired) electrons. The Morgan fingerprint density at radius 1 is 1.38 bits per heavy atom. The molecule has 0 aliphatic heterocycles. The molecule has 0 spiro atoms.